The average Bonchev–Trinajstić information content (AvgIpc) is 2.10. The van der Waals surface area contributed by atoms with Gasteiger partial charge in [0, 0.05) is 0 Å². The summed E-state index contributed by atoms with van der Waals surface area (Å²) in [6.07, 6.45) is 0. The standard InChI is InChI=1S/C6F6O2/c7-1-2(13)4(14)6(11,12)5(9,10)3(1)8. The molecule has 0 atom stereocenters. The van der Waals surface area contributed by atoms with Crippen molar-refractivity contribution in [3.05, 3.63) is 11.7 Å². The highest BCUT2D eigenvalue weighted by Crippen LogP contribution is 2.46. The number of carbonyl (C=O) groups excluding carboxylic acids is 2. The van der Waals surface area contributed by atoms with E-state index < -0.39 is 35.1 Å². The van der Waals surface area contributed by atoms with E-state index >= 15 is 0 Å². The van der Waals surface area contributed by atoms with E-state index in [4.69, 9.17) is 0 Å². The lowest BCUT2D eigenvalue weighted by atomic mass is 9.95. The molecule has 14 heavy (non-hydrogen) atoms. The molecule has 0 heterocycles. The van der Waals surface area contributed by atoms with Crippen LogP contribution in [0, 0.1) is 0 Å². The van der Waals surface area contributed by atoms with E-state index in [0.29, 0.717) is 0 Å². The predicted octanol–water partition coefficient (Wildman–Crippen LogP) is 1.56. The molecule has 78 valence electrons. The Morgan fingerprint density at radius 2 is 1.29 bits per heavy atom. The van der Waals surface area contributed by atoms with Crippen LogP contribution in [0.25, 0.3) is 0 Å². The van der Waals surface area contributed by atoms with Gasteiger partial charge >= 0.3 is 11.8 Å². The summed E-state index contributed by atoms with van der Waals surface area (Å²) >= 11 is 0. The second kappa shape index (κ2) is 2.58. The lowest BCUT2D eigenvalue weighted by Gasteiger charge is -2.26. The van der Waals surface area contributed by atoms with Gasteiger partial charge in [0.1, 0.15) is 0 Å². The van der Waals surface area contributed by atoms with Gasteiger partial charge in [0.05, 0.1) is 0 Å². The molecule has 1 aliphatic carbocycles. The smallest absolute Gasteiger partial charge is 0.283 e. The minimum atomic E-state index is -5.61. The third kappa shape index (κ3) is 0.992. The van der Waals surface area contributed by atoms with Crippen LogP contribution in [0.5, 0.6) is 0 Å². The Bertz CT molecular complexity index is 355. The van der Waals surface area contributed by atoms with E-state index in [-0.39, 0.29) is 0 Å². The van der Waals surface area contributed by atoms with Crippen LogP contribution in [0.2, 0.25) is 0 Å². The van der Waals surface area contributed by atoms with Gasteiger partial charge in [-0.15, -0.1) is 0 Å². The van der Waals surface area contributed by atoms with Crippen LogP contribution in [0.1, 0.15) is 0 Å². The van der Waals surface area contributed by atoms with Crippen LogP contribution in [0.3, 0.4) is 0 Å². The van der Waals surface area contributed by atoms with Crippen molar-refractivity contribution in [1.29, 1.82) is 0 Å². The van der Waals surface area contributed by atoms with E-state index in [1.54, 1.807) is 0 Å². The average molecular weight is 218 g/mol. The second-order valence-corrected chi connectivity index (χ2v) is 2.43. The van der Waals surface area contributed by atoms with E-state index in [1.165, 1.54) is 0 Å². The zero-order chi connectivity index (χ0) is 11.3. The Labute approximate surface area is 72.2 Å². The molecule has 0 saturated carbocycles. The molecule has 1 rings (SSSR count). The van der Waals surface area contributed by atoms with E-state index in [1.807, 2.05) is 0 Å². The Kier molecular flexibility index (Phi) is 1.98. The highest BCUT2D eigenvalue weighted by atomic mass is 19.3. The highest BCUT2D eigenvalue weighted by molar-refractivity contribution is 6.46. The second-order valence-electron chi connectivity index (χ2n) is 2.43. The summed E-state index contributed by atoms with van der Waals surface area (Å²) in [7, 11) is 0. The molecular weight excluding hydrogens is 218 g/mol. The molecule has 0 bridgehead atoms. The molecule has 8 heteroatoms. The number of alkyl halides is 4. The van der Waals surface area contributed by atoms with Gasteiger partial charge in [-0.3, -0.25) is 9.59 Å². The van der Waals surface area contributed by atoms with Crippen molar-refractivity contribution in [2.24, 2.45) is 0 Å². The summed E-state index contributed by atoms with van der Waals surface area (Å²) in [6, 6.07) is 0. The van der Waals surface area contributed by atoms with Gasteiger partial charge in [0.2, 0.25) is 11.7 Å². The van der Waals surface area contributed by atoms with Gasteiger partial charge in [0.15, 0.2) is 0 Å². The number of hydrogen-bond donors (Lipinski definition) is 0. The maximum Gasteiger partial charge on any atom is 0.382 e. The fourth-order valence-electron chi connectivity index (χ4n) is 0.760. The van der Waals surface area contributed by atoms with Gasteiger partial charge in [-0.2, -0.15) is 22.0 Å². The maximum atomic E-state index is 12.3. The van der Waals surface area contributed by atoms with Crippen LogP contribution in [-0.2, 0) is 9.59 Å². The van der Waals surface area contributed by atoms with Crippen LogP contribution >= 0.6 is 0 Å². The van der Waals surface area contributed by atoms with Crippen LogP contribution in [0.4, 0.5) is 26.3 Å². The molecule has 0 aromatic heterocycles. The zero-order valence-electron chi connectivity index (χ0n) is 6.08. The van der Waals surface area contributed by atoms with Crippen molar-refractivity contribution in [2.75, 3.05) is 0 Å². The largest absolute Gasteiger partial charge is 0.382 e. The molecular formula is C6F6O2. The first-order valence-corrected chi connectivity index (χ1v) is 3.04. The Morgan fingerprint density at radius 1 is 0.857 bits per heavy atom. The molecule has 0 saturated heterocycles. The van der Waals surface area contributed by atoms with Gasteiger partial charge in [-0.1, -0.05) is 0 Å². The van der Waals surface area contributed by atoms with Crippen molar-refractivity contribution in [1.82, 2.24) is 0 Å². The SMILES string of the molecule is O=C1C(=O)C(F)(F)C(F)(F)C(F)=C1F. The number of Topliss-reactive ketones (excluding diaryl/α,β-unsaturated/α-hetero) is 2. The lowest BCUT2D eigenvalue weighted by Crippen LogP contribution is -2.54. The van der Waals surface area contributed by atoms with Crippen molar-refractivity contribution in [3.8, 4) is 0 Å². The number of allylic oxidation sites excluding steroid dienone is 2. The van der Waals surface area contributed by atoms with E-state index in [2.05, 4.69) is 0 Å². The van der Waals surface area contributed by atoms with E-state index in [9.17, 15) is 35.9 Å². The molecule has 0 amide bonds. The lowest BCUT2D eigenvalue weighted by molar-refractivity contribution is -0.203. The predicted molar refractivity (Wildman–Crippen MR) is 29.2 cm³/mol. The minimum Gasteiger partial charge on any atom is -0.283 e. The summed E-state index contributed by atoms with van der Waals surface area (Å²) in [5, 5.41) is 0. The third-order valence-corrected chi connectivity index (χ3v) is 1.55. The van der Waals surface area contributed by atoms with Gasteiger partial charge in [-0.05, 0) is 0 Å². The molecule has 0 spiro atoms. The molecule has 0 unspecified atom stereocenters. The number of hydrogen-bond acceptors (Lipinski definition) is 2. The van der Waals surface area contributed by atoms with Crippen molar-refractivity contribution >= 4 is 11.6 Å². The normalized spacial score (nSPS) is 25.6. The quantitative estimate of drug-likeness (QED) is 0.456. The number of halogens is 6. The first-order chi connectivity index (χ1) is 6.14. The van der Waals surface area contributed by atoms with Crippen molar-refractivity contribution in [3.63, 3.8) is 0 Å². The number of ketones is 2. The Hall–Kier alpha value is -1.34. The zero-order valence-corrected chi connectivity index (χ0v) is 6.08. The topological polar surface area (TPSA) is 34.1 Å². The highest BCUT2D eigenvalue weighted by Gasteiger charge is 2.71. The first-order valence-electron chi connectivity index (χ1n) is 3.04. The monoisotopic (exact) mass is 218 g/mol. The fourth-order valence-corrected chi connectivity index (χ4v) is 0.760. The summed E-state index contributed by atoms with van der Waals surface area (Å²) < 4.78 is 73.4. The Balaban J connectivity index is 3.49. The van der Waals surface area contributed by atoms with Crippen LogP contribution in [0.15, 0.2) is 11.7 Å². The van der Waals surface area contributed by atoms with Crippen LogP contribution < -0.4 is 0 Å². The molecule has 0 radical (unpaired) electrons. The summed E-state index contributed by atoms with van der Waals surface area (Å²) in [5.41, 5.74) is 0. The third-order valence-electron chi connectivity index (χ3n) is 1.55. The molecule has 0 aliphatic heterocycles. The van der Waals surface area contributed by atoms with Crippen molar-refractivity contribution in [2.45, 2.75) is 11.8 Å². The molecule has 2 nitrogen and oxygen atoms in total. The van der Waals surface area contributed by atoms with Crippen LogP contribution in [-0.4, -0.2) is 23.4 Å². The molecule has 0 aromatic carbocycles. The molecule has 0 aromatic rings. The summed E-state index contributed by atoms with van der Waals surface area (Å²) in [6.45, 7) is 0. The number of rotatable bonds is 0. The van der Waals surface area contributed by atoms with Gasteiger partial charge in [0.25, 0.3) is 11.6 Å². The van der Waals surface area contributed by atoms with Gasteiger partial charge in [-0.25, -0.2) is 4.39 Å². The molecule has 0 fully saturated rings. The first kappa shape index (κ1) is 10.7. The summed E-state index contributed by atoms with van der Waals surface area (Å²) in [5.74, 6) is -22.7. The Morgan fingerprint density at radius 3 is 1.71 bits per heavy atom. The molecule has 0 N–H and O–H groups in total. The van der Waals surface area contributed by atoms with Gasteiger partial charge < -0.3 is 0 Å². The summed E-state index contributed by atoms with van der Waals surface area (Å²) in [4.78, 5) is 20.4. The number of carbonyl (C=O) groups is 2. The van der Waals surface area contributed by atoms with E-state index in [0.717, 1.165) is 0 Å². The minimum absolute atomic E-state index is 2.58. The maximum absolute atomic E-state index is 12.3. The van der Waals surface area contributed by atoms with Crippen molar-refractivity contribution < 1.29 is 35.9 Å². The molecule has 1 aliphatic rings. The fraction of sp³-hybridized carbons (Fsp3) is 0.333.